The summed E-state index contributed by atoms with van der Waals surface area (Å²) >= 11 is 0. The summed E-state index contributed by atoms with van der Waals surface area (Å²) in [7, 11) is 0. The Balaban J connectivity index is 0.00000277. The highest BCUT2D eigenvalue weighted by molar-refractivity contribution is 6.06. The molecule has 14 nitrogen and oxygen atoms in total. The zero-order valence-corrected chi connectivity index (χ0v) is 32.5. The van der Waals surface area contributed by atoms with E-state index in [4.69, 9.17) is 34.8 Å². The average molecular weight is 749 g/mol. The van der Waals surface area contributed by atoms with Crippen LogP contribution in [-0.4, -0.2) is 78.7 Å². The van der Waals surface area contributed by atoms with Crippen LogP contribution in [0.2, 0.25) is 0 Å². The Morgan fingerprint density at radius 3 is 2.31 bits per heavy atom. The summed E-state index contributed by atoms with van der Waals surface area (Å²) in [4.78, 5) is 61.0. The van der Waals surface area contributed by atoms with Gasteiger partial charge >= 0.3 is 12.1 Å². The van der Waals surface area contributed by atoms with E-state index in [-0.39, 0.29) is 31.4 Å². The lowest BCUT2D eigenvalue weighted by atomic mass is 10.1. The van der Waals surface area contributed by atoms with Gasteiger partial charge in [-0.15, -0.1) is 0 Å². The summed E-state index contributed by atoms with van der Waals surface area (Å²) in [6.07, 6.45) is 4.71. The van der Waals surface area contributed by atoms with Crippen LogP contribution in [0.5, 0.6) is 0 Å². The van der Waals surface area contributed by atoms with E-state index in [1.807, 2.05) is 58.0 Å². The van der Waals surface area contributed by atoms with Crippen molar-refractivity contribution in [3.63, 3.8) is 0 Å². The standard InChI is InChI=1S/C37H48N6O6.C2H6.CH2O2/c1-6-7-8-10-21-40-35(38)29-15-17-31(18-16-29)41-24-28(5)42-32-23-30(14-13-27(32)4)36(45)43(33-12-9-11-20-39-33)22-19-34(44)47-25-48-37(46)49-26(2)3;1-2;2-1-3/h9,11-18,20,23,26,41H,6-8,10,19,21-22,24-25H2,1-5H3,(H2,38,40);1-2H3;1H,(H,2,3). The number of nitrogens with zero attached hydrogens (tertiary/aromatic N) is 4. The van der Waals surface area contributed by atoms with Crippen LogP contribution in [0, 0.1) is 6.92 Å². The molecule has 1 amide bonds. The Hall–Kier alpha value is -5.79. The van der Waals surface area contributed by atoms with Gasteiger partial charge in [-0.1, -0.05) is 52.2 Å². The van der Waals surface area contributed by atoms with Gasteiger partial charge in [0, 0.05) is 41.8 Å². The number of aromatic nitrogens is 1. The van der Waals surface area contributed by atoms with Gasteiger partial charge in [0.1, 0.15) is 11.7 Å². The molecule has 1 aromatic heterocycles. The summed E-state index contributed by atoms with van der Waals surface area (Å²) in [5.41, 5.74) is 10.7. The van der Waals surface area contributed by atoms with E-state index in [2.05, 4.69) is 22.2 Å². The van der Waals surface area contributed by atoms with Crippen molar-refractivity contribution in [3.05, 3.63) is 83.6 Å². The molecule has 0 atom stereocenters. The van der Waals surface area contributed by atoms with Gasteiger partial charge in [-0.05, 0) is 88.2 Å². The second-order valence-electron chi connectivity index (χ2n) is 11.8. The number of aryl methyl sites for hydroxylation is 1. The molecule has 1 heterocycles. The number of rotatable bonds is 18. The number of carboxylic acid groups (broad SMARTS) is 1. The number of benzene rings is 2. The minimum absolute atomic E-state index is 0.0181. The molecule has 0 spiro atoms. The number of esters is 1. The van der Waals surface area contributed by atoms with Crippen LogP contribution in [0.3, 0.4) is 0 Å². The second kappa shape index (κ2) is 26.9. The lowest BCUT2D eigenvalue weighted by Crippen LogP contribution is -2.34. The third-order valence-electron chi connectivity index (χ3n) is 7.23. The van der Waals surface area contributed by atoms with Crippen molar-refractivity contribution in [2.24, 2.45) is 15.7 Å². The number of nitrogens with one attached hydrogen (secondary N) is 1. The normalized spacial score (nSPS) is 10.9. The van der Waals surface area contributed by atoms with E-state index >= 15 is 0 Å². The fourth-order valence-electron chi connectivity index (χ4n) is 4.56. The molecule has 0 aliphatic rings. The summed E-state index contributed by atoms with van der Waals surface area (Å²) in [6, 6.07) is 18.3. The first-order valence-electron chi connectivity index (χ1n) is 18.1. The van der Waals surface area contributed by atoms with Gasteiger partial charge in [0.25, 0.3) is 12.4 Å². The molecule has 2 aromatic carbocycles. The fraction of sp³-hybridized carbons (Fsp3) is 0.425. The molecule has 0 aliphatic heterocycles. The molecule has 4 N–H and O–H groups in total. The molecule has 14 heteroatoms. The van der Waals surface area contributed by atoms with Gasteiger partial charge in [-0.2, -0.15) is 0 Å². The molecule has 0 saturated heterocycles. The minimum Gasteiger partial charge on any atom is -0.483 e. The summed E-state index contributed by atoms with van der Waals surface area (Å²) in [5, 5.41) is 10.3. The molecule has 0 unspecified atom stereocenters. The Bertz CT molecular complexity index is 1630. The second-order valence-corrected chi connectivity index (χ2v) is 11.8. The number of unbranched alkanes of at least 4 members (excludes halogenated alkanes) is 3. The van der Waals surface area contributed by atoms with Crippen molar-refractivity contribution in [2.45, 2.75) is 86.7 Å². The number of carbonyl (C=O) groups is 4. The number of pyridine rings is 1. The van der Waals surface area contributed by atoms with Gasteiger partial charge in [0.2, 0.25) is 6.79 Å². The number of carbonyl (C=O) groups excluding carboxylic acids is 3. The Morgan fingerprint density at radius 2 is 1.69 bits per heavy atom. The average Bonchev–Trinajstić information content (AvgIpc) is 3.16. The Morgan fingerprint density at radius 1 is 1.00 bits per heavy atom. The molecule has 3 rings (SSSR count). The number of anilines is 2. The van der Waals surface area contributed by atoms with E-state index in [0.29, 0.717) is 29.4 Å². The lowest BCUT2D eigenvalue weighted by molar-refractivity contribution is -0.153. The quantitative estimate of drug-likeness (QED) is 0.0288. The number of hydrogen-bond donors (Lipinski definition) is 3. The van der Waals surface area contributed by atoms with Crippen molar-refractivity contribution in [1.29, 1.82) is 0 Å². The molecular weight excluding hydrogens is 692 g/mol. The van der Waals surface area contributed by atoms with Crippen LogP contribution < -0.4 is 16.0 Å². The molecule has 0 fully saturated rings. The maximum Gasteiger partial charge on any atom is 0.511 e. The number of nitrogens with two attached hydrogens (primary N) is 1. The summed E-state index contributed by atoms with van der Waals surface area (Å²) < 4.78 is 14.6. The Labute approximate surface area is 318 Å². The van der Waals surface area contributed by atoms with Crippen LogP contribution in [0.25, 0.3) is 0 Å². The maximum atomic E-state index is 13.8. The number of hydrogen-bond acceptors (Lipinski definition) is 11. The molecular formula is C40H56N6O8. The maximum absolute atomic E-state index is 13.8. The van der Waals surface area contributed by atoms with Crippen LogP contribution in [0.1, 0.15) is 95.1 Å². The van der Waals surface area contributed by atoms with Crippen LogP contribution in [-0.2, 0) is 23.8 Å². The van der Waals surface area contributed by atoms with E-state index in [0.717, 1.165) is 41.9 Å². The largest absolute Gasteiger partial charge is 0.511 e. The van der Waals surface area contributed by atoms with Gasteiger partial charge < -0.3 is 30.4 Å². The third kappa shape index (κ3) is 18.1. The highest BCUT2D eigenvalue weighted by Crippen LogP contribution is 2.23. The summed E-state index contributed by atoms with van der Waals surface area (Å²) in [5.74, 6) is -0.108. The van der Waals surface area contributed by atoms with Crippen LogP contribution in [0.15, 0.2) is 76.8 Å². The van der Waals surface area contributed by atoms with E-state index < -0.39 is 18.9 Å². The molecule has 0 aliphatic carbocycles. The highest BCUT2D eigenvalue weighted by Gasteiger charge is 2.21. The van der Waals surface area contributed by atoms with Gasteiger partial charge in [-0.3, -0.25) is 29.3 Å². The molecule has 0 radical (unpaired) electrons. The molecule has 3 aromatic rings. The van der Waals surface area contributed by atoms with Crippen molar-refractivity contribution >= 4 is 53.2 Å². The monoisotopic (exact) mass is 748 g/mol. The van der Waals surface area contributed by atoms with E-state index in [9.17, 15) is 14.4 Å². The molecule has 0 bridgehead atoms. The lowest BCUT2D eigenvalue weighted by Gasteiger charge is -2.22. The molecule has 294 valence electrons. The summed E-state index contributed by atoms with van der Waals surface area (Å²) in [6.45, 7) is 13.7. The first kappa shape index (κ1) is 46.2. The Kier molecular flexibility index (Phi) is 23.0. The molecule has 0 saturated carbocycles. The van der Waals surface area contributed by atoms with Gasteiger partial charge in [-0.25, -0.2) is 9.78 Å². The zero-order chi connectivity index (χ0) is 40.3. The number of ether oxygens (including phenoxy) is 3. The fourth-order valence-corrected chi connectivity index (χ4v) is 4.56. The van der Waals surface area contributed by atoms with Gasteiger partial charge in [0.05, 0.1) is 24.8 Å². The minimum atomic E-state index is -0.939. The van der Waals surface area contributed by atoms with E-state index in [1.54, 1.807) is 50.4 Å². The van der Waals surface area contributed by atoms with E-state index in [1.165, 1.54) is 17.7 Å². The zero-order valence-electron chi connectivity index (χ0n) is 32.5. The van der Waals surface area contributed by atoms with Crippen molar-refractivity contribution < 1.29 is 38.5 Å². The predicted octanol–water partition coefficient (Wildman–Crippen LogP) is 7.71. The van der Waals surface area contributed by atoms with Crippen LogP contribution in [0.4, 0.5) is 22.0 Å². The number of amides is 1. The van der Waals surface area contributed by atoms with Crippen molar-refractivity contribution in [1.82, 2.24) is 4.98 Å². The van der Waals surface area contributed by atoms with Crippen molar-refractivity contribution in [3.8, 4) is 0 Å². The SMILES string of the molecule is CC.CCCCCCN=C(N)c1ccc(NCC(C)=Nc2cc(C(=O)N(CCC(=O)OCOC(=O)OC(C)C)c3ccccn3)ccc2C)cc1.O=CO. The first-order valence-corrected chi connectivity index (χ1v) is 18.1. The topological polar surface area (TPSA) is 195 Å². The van der Waals surface area contributed by atoms with Crippen LogP contribution >= 0.6 is 0 Å². The smallest absolute Gasteiger partial charge is 0.483 e. The van der Waals surface area contributed by atoms with Crippen molar-refractivity contribution in [2.75, 3.05) is 36.6 Å². The third-order valence-corrected chi connectivity index (χ3v) is 7.23. The number of amidine groups is 1. The highest BCUT2D eigenvalue weighted by atomic mass is 16.8. The van der Waals surface area contributed by atoms with Gasteiger partial charge in [0.15, 0.2) is 0 Å². The first-order chi connectivity index (χ1) is 26.0. The predicted molar refractivity (Wildman–Crippen MR) is 213 cm³/mol. The molecule has 54 heavy (non-hydrogen) atoms. The number of aliphatic imine (C=N–C) groups is 2.